The third-order valence-corrected chi connectivity index (χ3v) is 3.76. The molecule has 1 amide bonds. The van der Waals surface area contributed by atoms with Crippen LogP contribution in [0.1, 0.15) is 33.2 Å². The summed E-state index contributed by atoms with van der Waals surface area (Å²) >= 11 is 0. The van der Waals surface area contributed by atoms with Crippen molar-refractivity contribution in [3.8, 4) is 5.75 Å². The Morgan fingerprint density at radius 2 is 1.44 bits per heavy atom. The molecular formula is C20H21NO6. The van der Waals surface area contributed by atoms with Crippen LogP contribution in [0.3, 0.4) is 0 Å². The van der Waals surface area contributed by atoms with Gasteiger partial charge in [0.25, 0.3) is 5.91 Å². The highest BCUT2D eigenvalue weighted by atomic mass is 16.5. The van der Waals surface area contributed by atoms with Crippen LogP contribution < -0.4 is 10.1 Å². The molecule has 27 heavy (non-hydrogen) atoms. The molecule has 0 radical (unpaired) electrons. The number of aryl methyl sites for hydroxylation is 1. The molecule has 0 aliphatic rings. The van der Waals surface area contributed by atoms with Gasteiger partial charge in [-0.25, -0.2) is 9.59 Å². The molecule has 0 unspecified atom stereocenters. The minimum absolute atomic E-state index is 0.117. The highest BCUT2D eigenvalue weighted by Crippen LogP contribution is 2.17. The molecule has 7 heteroatoms. The van der Waals surface area contributed by atoms with E-state index in [0.29, 0.717) is 5.75 Å². The second-order valence-electron chi connectivity index (χ2n) is 5.62. The number of hydrogen-bond donors (Lipinski definition) is 1. The van der Waals surface area contributed by atoms with Gasteiger partial charge in [-0.1, -0.05) is 19.1 Å². The van der Waals surface area contributed by atoms with Gasteiger partial charge >= 0.3 is 11.9 Å². The molecule has 0 saturated carbocycles. The second-order valence-corrected chi connectivity index (χ2v) is 5.62. The number of hydrogen-bond acceptors (Lipinski definition) is 6. The first-order valence-electron chi connectivity index (χ1n) is 8.30. The van der Waals surface area contributed by atoms with Crippen molar-refractivity contribution in [3.05, 3.63) is 59.2 Å². The zero-order valence-corrected chi connectivity index (χ0v) is 15.4. The van der Waals surface area contributed by atoms with Crippen LogP contribution in [-0.4, -0.2) is 38.7 Å². The minimum Gasteiger partial charge on any atom is -0.484 e. The topological polar surface area (TPSA) is 90.9 Å². The van der Waals surface area contributed by atoms with E-state index in [9.17, 15) is 14.4 Å². The van der Waals surface area contributed by atoms with Crippen molar-refractivity contribution in [2.45, 2.75) is 13.3 Å². The third-order valence-electron chi connectivity index (χ3n) is 3.76. The summed E-state index contributed by atoms with van der Waals surface area (Å²) in [6, 6.07) is 11.6. The Bertz CT molecular complexity index is 795. The molecule has 0 aromatic heterocycles. The number of methoxy groups -OCH3 is 2. The summed E-state index contributed by atoms with van der Waals surface area (Å²) < 4.78 is 14.8. The first kappa shape index (κ1) is 20.0. The Balaban J connectivity index is 2.08. The van der Waals surface area contributed by atoms with E-state index in [4.69, 9.17) is 4.74 Å². The van der Waals surface area contributed by atoms with Gasteiger partial charge in [-0.15, -0.1) is 0 Å². The van der Waals surface area contributed by atoms with Gasteiger partial charge in [-0.3, -0.25) is 4.79 Å². The monoisotopic (exact) mass is 371 g/mol. The number of amides is 1. The molecule has 142 valence electrons. The Labute approximate surface area is 157 Å². The lowest BCUT2D eigenvalue weighted by Crippen LogP contribution is -2.21. The van der Waals surface area contributed by atoms with Crippen LogP contribution in [0.15, 0.2) is 42.5 Å². The summed E-state index contributed by atoms with van der Waals surface area (Å²) in [5, 5.41) is 2.59. The maximum atomic E-state index is 12.1. The fourth-order valence-corrected chi connectivity index (χ4v) is 2.34. The molecule has 0 atom stereocenters. The summed E-state index contributed by atoms with van der Waals surface area (Å²) in [6.45, 7) is 1.83. The molecule has 0 aliphatic carbocycles. The standard InChI is InChI=1S/C20H21NO6/c1-4-13-5-7-17(8-6-13)27-12-18(22)21-16-10-14(19(23)25-2)9-15(11-16)20(24)26-3/h5-11H,4,12H2,1-3H3,(H,21,22). The van der Waals surface area contributed by atoms with Crippen molar-refractivity contribution >= 4 is 23.5 Å². The van der Waals surface area contributed by atoms with Crippen molar-refractivity contribution in [2.75, 3.05) is 26.1 Å². The molecule has 7 nitrogen and oxygen atoms in total. The second kappa shape index (κ2) is 9.38. The van der Waals surface area contributed by atoms with Gasteiger partial charge in [0.1, 0.15) is 5.75 Å². The van der Waals surface area contributed by atoms with Crippen molar-refractivity contribution in [1.82, 2.24) is 0 Å². The lowest BCUT2D eigenvalue weighted by atomic mass is 10.1. The number of ether oxygens (including phenoxy) is 3. The van der Waals surface area contributed by atoms with Gasteiger partial charge < -0.3 is 19.5 Å². The number of anilines is 1. The number of nitrogens with one attached hydrogen (secondary N) is 1. The zero-order valence-electron chi connectivity index (χ0n) is 15.4. The number of benzene rings is 2. The summed E-state index contributed by atoms with van der Waals surface area (Å²) in [5.41, 5.74) is 1.66. The Kier molecular flexibility index (Phi) is 6.93. The molecule has 1 N–H and O–H groups in total. The van der Waals surface area contributed by atoms with Gasteiger partial charge in [-0.2, -0.15) is 0 Å². The summed E-state index contributed by atoms with van der Waals surface area (Å²) in [5.74, 6) is -1.14. The SMILES string of the molecule is CCc1ccc(OCC(=O)Nc2cc(C(=O)OC)cc(C(=O)OC)c2)cc1. The Morgan fingerprint density at radius 3 is 1.93 bits per heavy atom. The predicted octanol–water partition coefficient (Wildman–Crippen LogP) is 2.84. The summed E-state index contributed by atoms with van der Waals surface area (Å²) in [7, 11) is 2.45. The van der Waals surface area contributed by atoms with Crippen LogP contribution in [-0.2, 0) is 20.7 Å². The normalized spacial score (nSPS) is 10.0. The van der Waals surface area contributed by atoms with Crippen LogP contribution in [0.25, 0.3) is 0 Å². The third kappa shape index (κ3) is 5.57. The van der Waals surface area contributed by atoms with E-state index < -0.39 is 17.8 Å². The highest BCUT2D eigenvalue weighted by molar-refractivity contribution is 5.99. The molecule has 2 aromatic rings. The minimum atomic E-state index is -0.636. The maximum Gasteiger partial charge on any atom is 0.337 e. The van der Waals surface area contributed by atoms with E-state index >= 15 is 0 Å². The fraction of sp³-hybridized carbons (Fsp3) is 0.250. The van der Waals surface area contributed by atoms with E-state index in [0.717, 1.165) is 6.42 Å². The van der Waals surface area contributed by atoms with Crippen molar-refractivity contribution in [1.29, 1.82) is 0 Å². The largest absolute Gasteiger partial charge is 0.484 e. The first-order valence-corrected chi connectivity index (χ1v) is 8.30. The zero-order chi connectivity index (χ0) is 19.8. The van der Waals surface area contributed by atoms with Crippen molar-refractivity contribution in [3.63, 3.8) is 0 Å². The van der Waals surface area contributed by atoms with Gasteiger partial charge in [-0.05, 0) is 42.3 Å². The van der Waals surface area contributed by atoms with Gasteiger partial charge in [0, 0.05) is 5.69 Å². The first-order chi connectivity index (χ1) is 13.0. The molecule has 0 saturated heterocycles. The predicted molar refractivity (Wildman–Crippen MR) is 99.1 cm³/mol. The van der Waals surface area contributed by atoms with E-state index in [1.165, 1.54) is 38.0 Å². The van der Waals surface area contributed by atoms with Crippen molar-refractivity contribution < 1.29 is 28.6 Å². The van der Waals surface area contributed by atoms with Crippen LogP contribution in [0.5, 0.6) is 5.75 Å². The molecule has 0 fully saturated rings. The molecule has 2 rings (SSSR count). The van der Waals surface area contributed by atoms with Crippen LogP contribution in [0, 0.1) is 0 Å². The van der Waals surface area contributed by atoms with E-state index in [-0.39, 0.29) is 23.4 Å². The van der Waals surface area contributed by atoms with Gasteiger partial charge in [0.15, 0.2) is 6.61 Å². The molecule has 0 bridgehead atoms. The smallest absolute Gasteiger partial charge is 0.337 e. The number of rotatable bonds is 7. The number of carbonyl (C=O) groups excluding carboxylic acids is 3. The van der Waals surface area contributed by atoms with Crippen molar-refractivity contribution in [2.24, 2.45) is 0 Å². The summed E-state index contributed by atoms with van der Waals surface area (Å²) in [4.78, 5) is 35.7. The van der Waals surface area contributed by atoms with Crippen LogP contribution in [0.2, 0.25) is 0 Å². The van der Waals surface area contributed by atoms with E-state index in [2.05, 4.69) is 14.8 Å². The average molecular weight is 371 g/mol. The Morgan fingerprint density at radius 1 is 0.889 bits per heavy atom. The Hall–Kier alpha value is -3.35. The highest BCUT2D eigenvalue weighted by Gasteiger charge is 2.15. The lowest BCUT2D eigenvalue weighted by molar-refractivity contribution is -0.118. The molecular weight excluding hydrogens is 350 g/mol. The van der Waals surface area contributed by atoms with Gasteiger partial charge in [0.05, 0.1) is 25.3 Å². The number of esters is 2. The van der Waals surface area contributed by atoms with E-state index in [1.54, 1.807) is 12.1 Å². The molecule has 0 aliphatic heterocycles. The van der Waals surface area contributed by atoms with E-state index in [1.807, 2.05) is 19.1 Å². The lowest BCUT2D eigenvalue weighted by Gasteiger charge is -2.10. The number of carbonyl (C=O) groups is 3. The van der Waals surface area contributed by atoms with Crippen LogP contribution >= 0.6 is 0 Å². The maximum absolute atomic E-state index is 12.1. The summed E-state index contributed by atoms with van der Waals surface area (Å²) in [6.07, 6.45) is 0.916. The average Bonchev–Trinajstić information content (AvgIpc) is 2.71. The van der Waals surface area contributed by atoms with Gasteiger partial charge in [0.2, 0.25) is 0 Å². The fourth-order valence-electron chi connectivity index (χ4n) is 2.34. The molecule has 0 heterocycles. The molecule has 0 spiro atoms. The van der Waals surface area contributed by atoms with Crippen LogP contribution in [0.4, 0.5) is 5.69 Å². The quantitative estimate of drug-likeness (QED) is 0.753. The molecule has 2 aromatic carbocycles.